The van der Waals surface area contributed by atoms with E-state index in [2.05, 4.69) is 0 Å². The molecule has 0 aromatic heterocycles. The van der Waals surface area contributed by atoms with Gasteiger partial charge >= 0.3 is 58.2 Å². The molecule has 0 rings (SSSR count). The van der Waals surface area contributed by atoms with Crippen molar-refractivity contribution >= 4 is 11.4 Å². The van der Waals surface area contributed by atoms with E-state index in [-0.39, 0.29) is 59.6 Å². The summed E-state index contributed by atoms with van der Waals surface area (Å²) in [7, 11) is 0. The predicted octanol–water partition coefficient (Wildman–Crippen LogP) is -3.20. The van der Waals surface area contributed by atoms with E-state index in [1.165, 1.54) is 0 Å². The van der Waals surface area contributed by atoms with E-state index in [1.54, 1.807) is 0 Å². The molecule has 5 heavy (non-hydrogen) atoms. The molecule has 28 valence electrons. The van der Waals surface area contributed by atoms with Gasteiger partial charge in [0.25, 0.3) is 11.4 Å². The molecular formula is H3O3RbS. The van der Waals surface area contributed by atoms with Crippen LogP contribution in [0.3, 0.4) is 0 Å². The molecule has 0 bridgehead atoms. The summed E-state index contributed by atoms with van der Waals surface area (Å²) in [5.41, 5.74) is 0. The Labute approximate surface area is 82.5 Å². The zero-order chi connectivity index (χ0) is 3.58. The molecule has 0 spiro atoms. The summed E-state index contributed by atoms with van der Waals surface area (Å²) in [5.74, 6) is 0. The van der Waals surface area contributed by atoms with E-state index in [4.69, 9.17) is 13.3 Å². The van der Waals surface area contributed by atoms with Gasteiger partial charge in [-0.25, -0.2) is 0 Å². The first-order chi connectivity index (χ1) is 1.73. The van der Waals surface area contributed by atoms with Crippen molar-refractivity contribution in [1.82, 2.24) is 0 Å². The molecule has 0 atom stereocenters. The fraction of sp³-hybridized carbons (Fsp3) is 0. The maximum Gasteiger partial charge on any atom is 1.00 e. The molecule has 0 unspecified atom stereocenters. The van der Waals surface area contributed by atoms with Crippen molar-refractivity contribution < 1.29 is 72.9 Å². The first-order valence-electron chi connectivity index (χ1n) is 0.532. The Morgan fingerprint density at radius 3 is 1.60 bits per heavy atom. The molecule has 0 saturated carbocycles. The summed E-state index contributed by atoms with van der Waals surface area (Å²) in [4.78, 5) is 0. The standard InChI is InChI=1S/H2O3S.Rb.H/c1-4(2)3;;/h(H2,1,2,3);;/q;+1;-1. The van der Waals surface area contributed by atoms with E-state index in [0.717, 1.165) is 0 Å². The van der Waals surface area contributed by atoms with Crippen LogP contribution in [-0.2, 0) is 11.4 Å². The minimum atomic E-state index is -2.61. The number of rotatable bonds is 0. The van der Waals surface area contributed by atoms with Crippen molar-refractivity contribution in [3.05, 3.63) is 0 Å². The summed E-state index contributed by atoms with van der Waals surface area (Å²) in [6, 6.07) is 0. The van der Waals surface area contributed by atoms with Gasteiger partial charge in [-0.1, -0.05) is 0 Å². The quantitative estimate of drug-likeness (QED) is 0.375. The Bertz CT molecular complexity index is 33.8. The topological polar surface area (TPSA) is 57.5 Å². The summed E-state index contributed by atoms with van der Waals surface area (Å²) < 4.78 is 22.8. The maximum absolute atomic E-state index is 8.67. The van der Waals surface area contributed by atoms with Crippen molar-refractivity contribution in [1.29, 1.82) is 0 Å². The second-order valence-electron chi connectivity index (χ2n) is 0.231. The molecule has 5 heteroatoms. The average Bonchev–Trinajstić information content (AvgIpc) is 0.811. The van der Waals surface area contributed by atoms with Gasteiger partial charge in [0.05, 0.1) is 0 Å². The third-order valence-electron chi connectivity index (χ3n) is 0. The van der Waals surface area contributed by atoms with E-state index in [9.17, 15) is 0 Å². The van der Waals surface area contributed by atoms with Gasteiger partial charge in [0, 0.05) is 0 Å². The summed E-state index contributed by atoms with van der Waals surface area (Å²) in [6.07, 6.45) is 0. The third-order valence-corrected chi connectivity index (χ3v) is 0. The Morgan fingerprint density at radius 1 is 1.60 bits per heavy atom. The number of hydrogen-bond acceptors (Lipinski definition) is 1. The first kappa shape index (κ1) is 9.98. The van der Waals surface area contributed by atoms with Crippen LogP contribution < -0.4 is 58.2 Å². The molecule has 0 aliphatic heterocycles. The Morgan fingerprint density at radius 2 is 1.60 bits per heavy atom. The van der Waals surface area contributed by atoms with E-state index >= 15 is 0 Å². The van der Waals surface area contributed by atoms with Gasteiger partial charge < -0.3 is 1.43 Å². The fourth-order valence-electron chi connectivity index (χ4n) is 0. The summed E-state index contributed by atoms with van der Waals surface area (Å²) in [6.45, 7) is 0. The van der Waals surface area contributed by atoms with Crippen molar-refractivity contribution in [2.45, 2.75) is 0 Å². The van der Waals surface area contributed by atoms with Crippen molar-refractivity contribution in [2.24, 2.45) is 0 Å². The Kier molecular flexibility index (Phi) is 11.7. The molecule has 0 aromatic carbocycles. The van der Waals surface area contributed by atoms with Crippen LogP contribution in [0.2, 0.25) is 0 Å². The molecule has 2 N–H and O–H groups in total. The molecule has 0 aliphatic rings. The second-order valence-corrected chi connectivity index (χ2v) is 0.692. The summed E-state index contributed by atoms with van der Waals surface area (Å²) in [5, 5.41) is 0. The monoisotopic (exact) mass is 168 g/mol. The summed E-state index contributed by atoms with van der Waals surface area (Å²) >= 11 is -2.61. The molecule has 0 aromatic rings. The van der Waals surface area contributed by atoms with Crippen LogP contribution >= 0.6 is 0 Å². The van der Waals surface area contributed by atoms with Gasteiger partial charge in [0.1, 0.15) is 0 Å². The van der Waals surface area contributed by atoms with Gasteiger partial charge in [-0.2, -0.15) is 4.21 Å². The molecule has 3 nitrogen and oxygen atoms in total. The van der Waals surface area contributed by atoms with Crippen molar-refractivity contribution in [2.75, 3.05) is 0 Å². The van der Waals surface area contributed by atoms with Gasteiger partial charge in [-0.05, 0) is 0 Å². The van der Waals surface area contributed by atoms with Crippen LogP contribution in [0.5, 0.6) is 0 Å². The molecule has 0 amide bonds. The first-order valence-corrected chi connectivity index (χ1v) is 1.60. The van der Waals surface area contributed by atoms with Crippen molar-refractivity contribution in [3.8, 4) is 0 Å². The minimum absolute atomic E-state index is 0. The molecule has 0 radical (unpaired) electrons. The van der Waals surface area contributed by atoms with Crippen LogP contribution in [0.1, 0.15) is 1.43 Å². The third kappa shape index (κ3) is 25.1. The Balaban J connectivity index is -0.0000000450. The van der Waals surface area contributed by atoms with Crippen LogP contribution in [0.15, 0.2) is 0 Å². The SMILES string of the molecule is O=S(O)O.[H-].[Rb+]. The maximum atomic E-state index is 8.67. The zero-order valence-corrected chi connectivity index (χ0v) is 8.44. The Hall–Kier alpha value is 1.88. The van der Waals surface area contributed by atoms with Gasteiger partial charge in [0.2, 0.25) is 0 Å². The van der Waals surface area contributed by atoms with Gasteiger partial charge in [-0.3, -0.25) is 9.11 Å². The van der Waals surface area contributed by atoms with Crippen molar-refractivity contribution in [3.63, 3.8) is 0 Å². The van der Waals surface area contributed by atoms with Crippen LogP contribution in [-0.4, -0.2) is 13.3 Å². The molecule has 0 fully saturated rings. The van der Waals surface area contributed by atoms with Crippen LogP contribution in [0.4, 0.5) is 0 Å². The molecule has 0 heterocycles. The molecule has 0 aliphatic carbocycles. The molecular weight excluding hydrogens is 166 g/mol. The smallest absolute Gasteiger partial charge is 1.00 e. The number of hydrogen-bond donors (Lipinski definition) is 2. The normalized spacial score (nSPS) is 7.00. The van der Waals surface area contributed by atoms with Gasteiger partial charge in [-0.15, -0.1) is 0 Å². The fourth-order valence-corrected chi connectivity index (χ4v) is 0. The minimum Gasteiger partial charge on any atom is -1.00 e. The predicted molar refractivity (Wildman–Crippen MR) is 14.5 cm³/mol. The molecule has 0 saturated heterocycles. The van der Waals surface area contributed by atoms with E-state index in [1.807, 2.05) is 0 Å². The van der Waals surface area contributed by atoms with E-state index in [0.29, 0.717) is 0 Å². The van der Waals surface area contributed by atoms with E-state index < -0.39 is 11.4 Å². The largest absolute Gasteiger partial charge is 1.00 e. The van der Waals surface area contributed by atoms with Crippen LogP contribution in [0.25, 0.3) is 0 Å². The second kappa shape index (κ2) is 5.88. The van der Waals surface area contributed by atoms with Crippen LogP contribution in [0, 0.1) is 0 Å². The zero-order valence-electron chi connectivity index (χ0n) is 3.71. The average molecular weight is 169 g/mol. The van der Waals surface area contributed by atoms with Gasteiger partial charge in [0.15, 0.2) is 0 Å².